The van der Waals surface area contributed by atoms with Crippen molar-refractivity contribution in [2.75, 3.05) is 39.9 Å². The molecule has 2 aliphatic heterocycles. The van der Waals surface area contributed by atoms with E-state index in [0.717, 1.165) is 44.2 Å². The van der Waals surface area contributed by atoms with E-state index in [1.807, 2.05) is 19.2 Å². The molecule has 6 heteroatoms. The van der Waals surface area contributed by atoms with Crippen molar-refractivity contribution in [1.29, 1.82) is 0 Å². The minimum Gasteiger partial charge on any atom is -0.489 e. The van der Waals surface area contributed by atoms with Crippen LogP contribution in [-0.4, -0.2) is 69.1 Å². The first-order chi connectivity index (χ1) is 12.7. The van der Waals surface area contributed by atoms with E-state index >= 15 is 0 Å². The van der Waals surface area contributed by atoms with E-state index in [-0.39, 0.29) is 18.3 Å². The average molecular weight is 361 g/mol. The highest BCUT2D eigenvalue weighted by atomic mass is 16.5. The Morgan fingerprint density at radius 3 is 2.92 bits per heavy atom. The summed E-state index contributed by atoms with van der Waals surface area (Å²) in [6.07, 6.45) is 2.62. The van der Waals surface area contributed by atoms with E-state index in [1.54, 1.807) is 0 Å². The van der Waals surface area contributed by atoms with Crippen molar-refractivity contribution in [3.8, 4) is 5.75 Å². The maximum Gasteiger partial charge on any atom is 0.193 e. The lowest BCUT2D eigenvalue weighted by molar-refractivity contribution is -0.0817. The number of hydrogen-bond acceptors (Lipinski definition) is 4. The number of hydrogen-bond donors (Lipinski definition) is 1. The normalized spacial score (nSPS) is 25.2. The first-order valence-electron chi connectivity index (χ1n) is 9.58. The van der Waals surface area contributed by atoms with Gasteiger partial charge in [0.1, 0.15) is 18.0 Å². The second-order valence-electron chi connectivity index (χ2n) is 7.08. The van der Waals surface area contributed by atoms with E-state index in [9.17, 15) is 0 Å². The van der Waals surface area contributed by atoms with Gasteiger partial charge in [-0.25, -0.2) is 0 Å². The Bertz CT molecular complexity index is 602. The molecule has 2 heterocycles. The third-order valence-corrected chi connectivity index (χ3v) is 4.86. The fraction of sp³-hybridized carbons (Fsp3) is 0.650. The maximum atomic E-state index is 6.00. The fourth-order valence-electron chi connectivity index (χ4n) is 3.52. The van der Waals surface area contributed by atoms with E-state index in [0.29, 0.717) is 13.2 Å². The van der Waals surface area contributed by atoms with Gasteiger partial charge in [0.15, 0.2) is 5.96 Å². The van der Waals surface area contributed by atoms with Crippen LogP contribution in [0.15, 0.2) is 29.3 Å². The van der Waals surface area contributed by atoms with Gasteiger partial charge in [-0.1, -0.05) is 12.1 Å². The number of nitrogens with zero attached hydrogens (tertiary/aromatic N) is 2. The number of benzene rings is 1. The molecule has 3 rings (SSSR count). The molecule has 0 aliphatic carbocycles. The van der Waals surface area contributed by atoms with E-state index in [1.165, 1.54) is 5.56 Å². The lowest BCUT2D eigenvalue weighted by atomic mass is 10.1. The quantitative estimate of drug-likeness (QED) is 0.644. The highest BCUT2D eigenvalue weighted by molar-refractivity contribution is 5.80. The van der Waals surface area contributed by atoms with Crippen molar-refractivity contribution in [2.45, 2.75) is 45.0 Å². The molecule has 0 bridgehead atoms. The summed E-state index contributed by atoms with van der Waals surface area (Å²) in [7, 11) is 1.82. The minimum atomic E-state index is 0.0450. The van der Waals surface area contributed by atoms with Gasteiger partial charge in [0.25, 0.3) is 0 Å². The van der Waals surface area contributed by atoms with Gasteiger partial charge in [0.2, 0.25) is 0 Å². The molecule has 2 fully saturated rings. The molecule has 0 spiro atoms. The summed E-state index contributed by atoms with van der Waals surface area (Å²) < 4.78 is 17.7. The van der Waals surface area contributed by atoms with E-state index in [4.69, 9.17) is 14.2 Å². The Balaban J connectivity index is 1.49. The van der Waals surface area contributed by atoms with Crippen molar-refractivity contribution in [2.24, 2.45) is 4.99 Å². The largest absolute Gasteiger partial charge is 0.489 e. The number of rotatable bonds is 5. The Morgan fingerprint density at radius 2 is 2.19 bits per heavy atom. The van der Waals surface area contributed by atoms with Crippen molar-refractivity contribution in [1.82, 2.24) is 10.2 Å². The smallest absolute Gasteiger partial charge is 0.193 e. The summed E-state index contributed by atoms with van der Waals surface area (Å²) in [5.41, 5.74) is 1.20. The molecule has 0 radical (unpaired) electrons. The zero-order valence-electron chi connectivity index (χ0n) is 16.1. The Morgan fingerprint density at radius 1 is 1.35 bits per heavy atom. The molecule has 2 saturated heterocycles. The molecule has 0 amide bonds. The van der Waals surface area contributed by atoms with Gasteiger partial charge in [-0.2, -0.15) is 0 Å². The van der Waals surface area contributed by atoms with E-state index in [2.05, 4.69) is 41.2 Å². The van der Waals surface area contributed by atoms with Crippen molar-refractivity contribution >= 4 is 5.96 Å². The van der Waals surface area contributed by atoms with Crippen LogP contribution in [-0.2, 0) is 9.47 Å². The van der Waals surface area contributed by atoms with Gasteiger partial charge in [0.05, 0.1) is 19.3 Å². The monoisotopic (exact) mass is 361 g/mol. The standard InChI is InChI=1S/C20H31N3O3/c1-15-6-4-7-17(12-15)26-16(2)13-22-20(21-3)23-9-11-25-19(14-23)18-8-5-10-24-18/h4,6-7,12,16,18-19H,5,8-11,13-14H2,1-3H3,(H,21,22). The van der Waals surface area contributed by atoms with Crippen LogP contribution in [0.1, 0.15) is 25.3 Å². The summed E-state index contributed by atoms with van der Waals surface area (Å²) >= 11 is 0. The minimum absolute atomic E-state index is 0.0450. The first kappa shape index (κ1) is 19.0. The lowest BCUT2D eigenvalue weighted by Crippen LogP contribution is -2.54. The van der Waals surface area contributed by atoms with Gasteiger partial charge >= 0.3 is 0 Å². The van der Waals surface area contributed by atoms with Crippen LogP contribution in [0.3, 0.4) is 0 Å². The molecule has 144 valence electrons. The third-order valence-electron chi connectivity index (χ3n) is 4.86. The summed E-state index contributed by atoms with van der Waals surface area (Å²) in [6.45, 7) is 8.06. The Hall–Kier alpha value is -1.79. The van der Waals surface area contributed by atoms with E-state index < -0.39 is 0 Å². The van der Waals surface area contributed by atoms with Crippen LogP contribution >= 0.6 is 0 Å². The van der Waals surface area contributed by atoms with Crippen molar-refractivity contribution in [3.63, 3.8) is 0 Å². The van der Waals surface area contributed by atoms with Gasteiger partial charge in [-0.05, 0) is 44.4 Å². The highest BCUT2D eigenvalue weighted by Crippen LogP contribution is 2.21. The Kier molecular flexibility index (Phi) is 6.74. The first-order valence-corrected chi connectivity index (χ1v) is 9.58. The number of morpholine rings is 1. The molecule has 2 aliphatic rings. The molecular formula is C20H31N3O3. The Labute approximate surface area is 156 Å². The summed E-state index contributed by atoms with van der Waals surface area (Å²) in [4.78, 5) is 6.70. The predicted molar refractivity (Wildman–Crippen MR) is 103 cm³/mol. The molecule has 3 atom stereocenters. The average Bonchev–Trinajstić information content (AvgIpc) is 3.17. The molecular weight excluding hydrogens is 330 g/mol. The topological polar surface area (TPSA) is 55.3 Å². The van der Waals surface area contributed by atoms with Gasteiger partial charge in [-0.3, -0.25) is 4.99 Å². The summed E-state index contributed by atoms with van der Waals surface area (Å²) in [5.74, 6) is 1.80. The molecule has 3 unspecified atom stereocenters. The van der Waals surface area contributed by atoms with Crippen LogP contribution < -0.4 is 10.1 Å². The van der Waals surface area contributed by atoms with Crippen LogP contribution in [0.25, 0.3) is 0 Å². The molecule has 6 nitrogen and oxygen atoms in total. The second-order valence-corrected chi connectivity index (χ2v) is 7.08. The molecule has 0 aromatic heterocycles. The third kappa shape index (κ3) is 5.11. The molecule has 1 aromatic rings. The zero-order valence-corrected chi connectivity index (χ0v) is 16.1. The lowest BCUT2D eigenvalue weighted by Gasteiger charge is -2.37. The highest BCUT2D eigenvalue weighted by Gasteiger charge is 2.32. The molecule has 1 aromatic carbocycles. The molecule has 26 heavy (non-hydrogen) atoms. The maximum absolute atomic E-state index is 6.00. The van der Waals surface area contributed by atoms with Crippen molar-refractivity contribution in [3.05, 3.63) is 29.8 Å². The van der Waals surface area contributed by atoms with Gasteiger partial charge < -0.3 is 24.4 Å². The fourth-order valence-corrected chi connectivity index (χ4v) is 3.52. The van der Waals surface area contributed by atoms with Crippen LogP contribution in [0.2, 0.25) is 0 Å². The molecule has 0 saturated carbocycles. The zero-order chi connectivity index (χ0) is 18.4. The SMILES string of the molecule is CN=C(NCC(C)Oc1cccc(C)c1)N1CCOC(C2CCCO2)C1. The van der Waals surface area contributed by atoms with Gasteiger partial charge in [-0.15, -0.1) is 0 Å². The van der Waals surface area contributed by atoms with Crippen LogP contribution in [0, 0.1) is 6.92 Å². The number of guanidine groups is 1. The van der Waals surface area contributed by atoms with Crippen LogP contribution in [0.4, 0.5) is 0 Å². The number of nitrogens with one attached hydrogen (secondary N) is 1. The van der Waals surface area contributed by atoms with Gasteiger partial charge in [0, 0.05) is 26.7 Å². The second kappa shape index (κ2) is 9.24. The summed E-state index contributed by atoms with van der Waals surface area (Å²) in [6, 6.07) is 8.13. The number of aliphatic imine (C=N–C) groups is 1. The number of ether oxygens (including phenoxy) is 3. The number of aryl methyl sites for hydroxylation is 1. The predicted octanol–water partition coefficient (Wildman–Crippen LogP) is 2.22. The molecule has 1 N–H and O–H groups in total. The van der Waals surface area contributed by atoms with Crippen molar-refractivity contribution < 1.29 is 14.2 Å². The van der Waals surface area contributed by atoms with Crippen LogP contribution in [0.5, 0.6) is 5.75 Å². The summed E-state index contributed by atoms with van der Waals surface area (Å²) in [5, 5.41) is 3.44.